The first-order valence-corrected chi connectivity index (χ1v) is 8.12. The van der Waals surface area contributed by atoms with Crippen LogP contribution < -0.4 is 20.3 Å². The van der Waals surface area contributed by atoms with Crippen LogP contribution in [0.1, 0.15) is 20.8 Å². The van der Waals surface area contributed by atoms with Gasteiger partial charge >= 0.3 is 0 Å². The Morgan fingerprint density at radius 3 is 2.50 bits per heavy atom. The van der Waals surface area contributed by atoms with Crippen LogP contribution in [0.15, 0.2) is 18.2 Å². The van der Waals surface area contributed by atoms with Gasteiger partial charge in [0.2, 0.25) is 5.91 Å². The van der Waals surface area contributed by atoms with Gasteiger partial charge in [-0.3, -0.25) is 9.59 Å². The summed E-state index contributed by atoms with van der Waals surface area (Å²) in [6.45, 7) is 7.46. The summed E-state index contributed by atoms with van der Waals surface area (Å²) in [6.07, 6.45) is 0.295. The second kappa shape index (κ2) is 8.12. The monoisotopic (exact) mass is 336 g/mol. The van der Waals surface area contributed by atoms with Crippen molar-refractivity contribution in [2.24, 2.45) is 0 Å². The molecule has 1 aliphatic heterocycles. The van der Waals surface area contributed by atoms with E-state index in [-0.39, 0.29) is 24.0 Å². The number of hydrogen-bond donors (Lipinski definition) is 3. The molecule has 2 atom stereocenters. The lowest BCUT2D eigenvalue weighted by Gasteiger charge is -2.31. The van der Waals surface area contributed by atoms with Gasteiger partial charge in [-0.25, -0.2) is 0 Å². The maximum Gasteiger partial charge on any atom is 0.279 e. The Bertz CT molecular complexity index is 595. The third-order valence-corrected chi connectivity index (χ3v) is 3.82. The molecule has 7 heteroatoms. The quantitative estimate of drug-likeness (QED) is 0.722. The molecule has 7 nitrogen and oxygen atoms in total. The molecule has 0 radical (unpaired) electrons. The lowest BCUT2D eigenvalue weighted by Crippen LogP contribution is -3.16. The van der Waals surface area contributed by atoms with Crippen molar-refractivity contribution in [1.82, 2.24) is 0 Å². The van der Waals surface area contributed by atoms with E-state index in [9.17, 15) is 9.59 Å². The van der Waals surface area contributed by atoms with Crippen molar-refractivity contribution in [2.45, 2.75) is 33.0 Å². The van der Waals surface area contributed by atoms with Crippen molar-refractivity contribution in [3.63, 3.8) is 0 Å². The van der Waals surface area contributed by atoms with Gasteiger partial charge in [-0.2, -0.15) is 0 Å². The lowest BCUT2D eigenvalue weighted by atomic mass is 10.2. The standard InChI is InChI=1S/C17H25N3O4/c1-11-8-20(9-12(2)24-11)10-17(22)19-15-7-14(18-13(3)21)5-6-16(15)23-4/h5-7,11-12H,8-10H2,1-4H3,(H,18,21)(H,19,22)/p+1/t11-,12-/m0/s1. The maximum atomic E-state index is 12.4. The molecule has 0 aromatic heterocycles. The zero-order chi connectivity index (χ0) is 17.7. The minimum atomic E-state index is -0.168. The van der Waals surface area contributed by atoms with E-state index < -0.39 is 0 Å². The number of rotatable bonds is 5. The van der Waals surface area contributed by atoms with E-state index in [4.69, 9.17) is 9.47 Å². The number of amides is 2. The van der Waals surface area contributed by atoms with E-state index in [1.807, 2.05) is 13.8 Å². The van der Waals surface area contributed by atoms with Crippen LogP contribution in [0.3, 0.4) is 0 Å². The van der Waals surface area contributed by atoms with E-state index >= 15 is 0 Å². The molecule has 2 amide bonds. The van der Waals surface area contributed by atoms with Crippen LogP contribution in [-0.4, -0.2) is 50.8 Å². The second-order valence-electron chi connectivity index (χ2n) is 6.24. The Balaban J connectivity index is 2.03. The minimum absolute atomic E-state index is 0.0930. The number of anilines is 2. The van der Waals surface area contributed by atoms with E-state index in [0.29, 0.717) is 23.7 Å². The highest BCUT2D eigenvalue weighted by molar-refractivity contribution is 5.95. The summed E-state index contributed by atoms with van der Waals surface area (Å²) in [4.78, 5) is 24.8. The summed E-state index contributed by atoms with van der Waals surface area (Å²) < 4.78 is 11.0. The fourth-order valence-electron chi connectivity index (χ4n) is 3.04. The minimum Gasteiger partial charge on any atom is -0.495 e. The number of carbonyl (C=O) groups excluding carboxylic acids is 2. The highest BCUT2D eigenvalue weighted by Gasteiger charge is 2.27. The number of morpholine rings is 1. The van der Waals surface area contributed by atoms with Crippen molar-refractivity contribution < 1.29 is 24.0 Å². The molecule has 0 aliphatic carbocycles. The van der Waals surface area contributed by atoms with Crippen LogP contribution in [0.5, 0.6) is 5.75 Å². The average Bonchev–Trinajstić information content (AvgIpc) is 2.45. The molecule has 1 aromatic rings. The molecule has 0 bridgehead atoms. The van der Waals surface area contributed by atoms with E-state index in [1.54, 1.807) is 25.3 Å². The summed E-state index contributed by atoms with van der Waals surface area (Å²) in [7, 11) is 1.54. The molecule has 0 saturated carbocycles. The van der Waals surface area contributed by atoms with E-state index in [0.717, 1.165) is 13.1 Å². The van der Waals surface area contributed by atoms with E-state index in [2.05, 4.69) is 10.6 Å². The van der Waals surface area contributed by atoms with Gasteiger partial charge in [0.25, 0.3) is 5.91 Å². The summed E-state index contributed by atoms with van der Waals surface area (Å²) in [5.41, 5.74) is 1.15. The fraction of sp³-hybridized carbons (Fsp3) is 0.529. The Morgan fingerprint density at radius 2 is 1.92 bits per heavy atom. The zero-order valence-corrected chi connectivity index (χ0v) is 14.6. The number of quaternary nitrogens is 1. The zero-order valence-electron chi connectivity index (χ0n) is 14.6. The molecule has 1 saturated heterocycles. The van der Waals surface area contributed by atoms with Crippen LogP contribution in [-0.2, 0) is 14.3 Å². The smallest absolute Gasteiger partial charge is 0.279 e. The normalized spacial score (nSPS) is 23.4. The largest absolute Gasteiger partial charge is 0.495 e. The van der Waals surface area contributed by atoms with Gasteiger partial charge in [-0.15, -0.1) is 0 Å². The van der Waals surface area contributed by atoms with Crippen molar-refractivity contribution in [1.29, 1.82) is 0 Å². The van der Waals surface area contributed by atoms with Gasteiger partial charge in [-0.1, -0.05) is 0 Å². The molecule has 24 heavy (non-hydrogen) atoms. The Labute approximate surface area is 142 Å². The first-order valence-electron chi connectivity index (χ1n) is 8.12. The molecule has 1 heterocycles. The highest BCUT2D eigenvalue weighted by atomic mass is 16.5. The topological polar surface area (TPSA) is 81.1 Å². The van der Waals surface area contributed by atoms with Crippen molar-refractivity contribution in [3.8, 4) is 5.75 Å². The maximum absolute atomic E-state index is 12.4. The van der Waals surface area contributed by atoms with Crippen LogP contribution >= 0.6 is 0 Å². The molecule has 132 valence electrons. The molecule has 3 N–H and O–H groups in total. The number of nitrogens with one attached hydrogen (secondary N) is 3. The predicted octanol–water partition coefficient (Wildman–Crippen LogP) is 0.284. The molecule has 0 unspecified atom stereocenters. The van der Waals surface area contributed by atoms with Crippen molar-refractivity contribution >= 4 is 23.2 Å². The van der Waals surface area contributed by atoms with Crippen LogP contribution in [0.2, 0.25) is 0 Å². The summed E-state index contributed by atoms with van der Waals surface area (Å²) in [5, 5.41) is 5.57. The summed E-state index contributed by atoms with van der Waals surface area (Å²) in [5.74, 6) is 0.291. The first-order chi connectivity index (χ1) is 11.4. The van der Waals surface area contributed by atoms with Gasteiger partial charge < -0.3 is 25.0 Å². The predicted molar refractivity (Wildman–Crippen MR) is 91.5 cm³/mol. The highest BCUT2D eigenvalue weighted by Crippen LogP contribution is 2.27. The Morgan fingerprint density at radius 1 is 1.25 bits per heavy atom. The number of carbonyl (C=O) groups is 2. The van der Waals surface area contributed by atoms with Gasteiger partial charge in [0.1, 0.15) is 31.0 Å². The number of hydrogen-bond acceptors (Lipinski definition) is 4. The molecular weight excluding hydrogens is 310 g/mol. The molecule has 2 rings (SSSR count). The lowest BCUT2D eigenvalue weighted by molar-refractivity contribution is -0.907. The van der Waals surface area contributed by atoms with Crippen LogP contribution in [0.25, 0.3) is 0 Å². The van der Waals surface area contributed by atoms with Gasteiger partial charge in [0.15, 0.2) is 6.54 Å². The number of benzene rings is 1. The number of ether oxygens (including phenoxy) is 2. The SMILES string of the molecule is COc1ccc(NC(C)=O)cc1NC(=O)C[NH+]1C[C@H](C)O[C@@H](C)C1. The van der Waals surface area contributed by atoms with Crippen LogP contribution in [0.4, 0.5) is 11.4 Å². The molecule has 1 aliphatic rings. The Kier molecular flexibility index (Phi) is 6.16. The van der Waals surface area contributed by atoms with Crippen molar-refractivity contribution in [2.75, 3.05) is 37.4 Å². The summed E-state index contributed by atoms with van der Waals surface area (Å²) >= 11 is 0. The fourth-order valence-corrected chi connectivity index (χ4v) is 3.04. The first kappa shape index (κ1) is 18.2. The second-order valence-corrected chi connectivity index (χ2v) is 6.24. The van der Waals surface area contributed by atoms with Gasteiger partial charge in [0, 0.05) is 12.6 Å². The molecular formula is C17H26N3O4+. The Hall–Kier alpha value is -2.12. The van der Waals surface area contributed by atoms with Gasteiger partial charge in [-0.05, 0) is 32.0 Å². The van der Waals surface area contributed by atoms with Crippen LogP contribution in [0, 0.1) is 0 Å². The summed E-state index contributed by atoms with van der Waals surface area (Å²) in [6, 6.07) is 5.14. The van der Waals surface area contributed by atoms with Crippen molar-refractivity contribution in [3.05, 3.63) is 18.2 Å². The molecule has 0 spiro atoms. The van der Waals surface area contributed by atoms with E-state index in [1.165, 1.54) is 11.8 Å². The number of methoxy groups -OCH3 is 1. The third-order valence-electron chi connectivity index (χ3n) is 3.82. The van der Waals surface area contributed by atoms with Gasteiger partial charge in [0.05, 0.1) is 12.8 Å². The average molecular weight is 336 g/mol. The third kappa shape index (κ3) is 5.21. The molecule has 1 aromatic carbocycles. The molecule has 1 fully saturated rings.